The summed E-state index contributed by atoms with van der Waals surface area (Å²) in [6.45, 7) is 12.8. The number of nitrogens with two attached hydrogens (primary N) is 1. The number of imidazole rings is 1. The summed E-state index contributed by atoms with van der Waals surface area (Å²) in [5.74, 6) is -0.228. The van der Waals surface area contributed by atoms with Crippen molar-refractivity contribution in [3.05, 3.63) is 47.5 Å². The fourth-order valence-electron chi connectivity index (χ4n) is 3.93. The van der Waals surface area contributed by atoms with Crippen LogP contribution in [0.2, 0.25) is 5.02 Å². The van der Waals surface area contributed by atoms with Crippen molar-refractivity contribution < 1.29 is 18.8 Å². The quantitative estimate of drug-likeness (QED) is 0.212. The van der Waals surface area contributed by atoms with E-state index >= 15 is 0 Å². The molecule has 0 amide bonds. The number of anilines is 1. The molecular weight excluding hydrogens is 529 g/mol. The number of nitrogens with one attached hydrogen (secondary N) is 2. The van der Waals surface area contributed by atoms with Crippen molar-refractivity contribution in [2.45, 2.75) is 78.3 Å². The minimum Gasteiger partial charge on any atom is -0.462 e. The molecule has 38 heavy (non-hydrogen) atoms. The largest absolute Gasteiger partial charge is 0.462 e. The minimum atomic E-state index is -3.56. The molecule has 2 heterocycles. The van der Waals surface area contributed by atoms with Crippen LogP contribution >= 0.6 is 19.0 Å². The Morgan fingerprint density at radius 3 is 2.39 bits per heavy atom. The van der Waals surface area contributed by atoms with Crippen LogP contribution in [0.1, 0.15) is 54.0 Å². The number of fused-ring (bicyclic) bond motifs is 1. The molecule has 2 atom stereocenters. The van der Waals surface area contributed by atoms with E-state index in [0.29, 0.717) is 28.5 Å². The van der Waals surface area contributed by atoms with Gasteiger partial charge in [-0.1, -0.05) is 23.7 Å². The van der Waals surface area contributed by atoms with E-state index in [2.05, 4.69) is 25.1 Å². The Morgan fingerprint density at radius 1 is 1.11 bits per heavy atom. The molecule has 0 saturated heterocycles. The molecule has 3 aromatic rings. The van der Waals surface area contributed by atoms with Crippen LogP contribution in [0.5, 0.6) is 0 Å². The second-order valence-corrected chi connectivity index (χ2v) is 13.2. The van der Waals surface area contributed by atoms with Gasteiger partial charge in [-0.15, -0.1) is 0 Å². The predicted molar refractivity (Wildman–Crippen MR) is 149 cm³/mol. The van der Waals surface area contributed by atoms with E-state index < -0.39 is 24.5 Å². The van der Waals surface area contributed by atoms with E-state index in [1.54, 1.807) is 50.7 Å². The summed E-state index contributed by atoms with van der Waals surface area (Å²) in [4.78, 5) is 25.3. The first-order valence-corrected chi connectivity index (χ1v) is 14.6. The highest BCUT2D eigenvalue weighted by Gasteiger charge is 2.41. The predicted octanol–water partition coefficient (Wildman–Crippen LogP) is 4.46. The number of hydrogen-bond acceptors (Lipinski definition) is 8. The van der Waals surface area contributed by atoms with Gasteiger partial charge < -0.3 is 19.8 Å². The van der Waals surface area contributed by atoms with Crippen molar-refractivity contribution in [3.8, 4) is 0 Å². The van der Waals surface area contributed by atoms with Crippen LogP contribution in [-0.2, 0) is 30.9 Å². The van der Waals surface area contributed by atoms with E-state index in [4.69, 9.17) is 26.8 Å². The van der Waals surface area contributed by atoms with Crippen molar-refractivity contribution in [2.75, 3.05) is 12.1 Å². The Hall–Kier alpha value is -2.56. The van der Waals surface area contributed by atoms with Crippen LogP contribution in [0.15, 0.2) is 36.9 Å². The Labute approximate surface area is 228 Å². The highest BCUT2D eigenvalue weighted by Crippen LogP contribution is 2.44. The lowest BCUT2D eigenvalue weighted by Gasteiger charge is -2.37. The van der Waals surface area contributed by atoms with Gasteiger partial charge in [0.15, 0.2) is 11.5 Å². The highest BCUT2D eigenvalue weighted by molar-refractivity contribution is 7.59. The Morgan fingerprint density at radius 2 is 1.76 bits per heavy atom. The number of benzene rings is 1. The lowest BCUT2D eigenvalue weighted by atomic mass is 9.96. The van der Waals surface area contributed by atoms with Gasteiger partial charge in [0.05, 0.1) is 25.1 Å². The summed E-state index contributed by atoms with van der Waals surface area (Å²) in [7, 11) is -3.56. The van der Waals surface area contributed by atoms with Crippen molar-refractivity contribution in [1.82, 2.24) is 29.7 Å². The Kier molecular flexibility index (Phi) is 9.21. The lowest BCUT2D eigenvalue weighted by molar-refractivity contribution is -0.153. The van der Waals surface area contributed by atoms with Crippen molar-refractivity contribution in [2.24, 2.45) is 0 Å². The highest BCUT2D eigenvalue weighted by atomic mass is 35.5. The van der Waals surface area contributed by atoms with Crippen LogP contribution in [0.25, 0.3) is 11.2 Å². The standard InChI is InChI=1S/C25H37ClN7O4P/c1-16(2)37-23(34)25(6,7)32-38(35,31-24(4,5)18-8-10-19(26)11-9-18)15-36-17(3)12-33-14-30-20-21(27)28-13-29-22(20)33/h8-11,13-14,16-17H,12,15H2,1-7H3,(H2,27,28,29)(H2,31,32,35)/t17-,38?/m0/s1. The number of halogens is 1. The number of rotatable bonds is 12. The van der Waals surface area contributed by atoms with Crippen LogP contribution in [0.4, 0.5) is 5.82 Å². The number of hydrogen-bond donors (Lipinski definition) is 3. The van der Waals surface area contributed by atoms with Crippen molar-refractivity contribution in [3.63, 3.8) is 0 Å². The van der Waals surface area contributed by atoms with E-state index in [0.717, 1.165) is 5.56 Å². The summed E-state index contributed by atoms with van der Waals surface area (Å²) in [5, 5.41) is 6.86. The molecule has 4 N–H and O–H groups in total. The van der Waals surface area contributed by atoms with Gasteiger partial charge >= 0.3 is 5.97 Å². The molecule has 0 aliphatic rings. The number of nitrogen functional groups attached to an aromatic ring is 1. The zero-order valence-corrected chi connectivity index (χ0v) is 24.5. The van der Waals surface area contributed by atoms with Gasteiger partial charge in [-0.2, -0.15) is 0 Å². The molecule has 13 heteroatoms. The number of esters is 1. The molecule has 0 aliphatic carbocycles. The minimum absolute atomic E-state index is 0.201. The lowest BCUT2D eigenvalue weighted by Crippen LogP contribution is -2.51. The molecule has 2 aromatic heterocycles. The van der Waals surface area contributed by atoms with Gasteiger partial charge in [-0.25, -0.2) is 25.1 Å². The molecule has 0 bridgehead atoms. The molecule has 0 fully saturated rings. The number of carbonyl (C=O) groups is 1. The van der Waals surface area contributed by atoms with Crippen molar-refractivity contribution in [1.29, 1.82) is 0 Å². The monoisotopic (exact) mass is 565 g/mol. The van der Waals surface area contributed by atoms with E-state index in [1.165, 1.54) is 6.33 Å². The Balaban J connectivity index is 1.82. The van der Waals surface area contributed by atoms with E-state index in [-0.39, 0.29) is 18.6 Å². The zero-order valence-electron chi connectivity index (χ0n) is 22.9. The van der Waals surface area contributed by atoms with Gasteiger partial charge in [-0.3, -0.25) is 9.36 Å². The van der Waals surface area contributed by atoms with Gasteiger partial charge in [0, 0.05) is 10.6 Å². The van der Waals surface area contributed by atoms with Crippen LogP contribution in [0.3, 0.4) is 0 Å². The van der Waals surface area contributed by atoms with Gasteiger partial charge in [0.25, 0.3) is 0 Å². The van der Waals surface area contributed by atoms with Gasteiger partial charge in [-0.05, 0) is 66.2 Å². The average Bonchev–Trinajstić information content (AvgIpc) is 3.21. The third-order valence-electron chi connectivity index (χ3n) is 5.76. The molecule has 1 unspecified atom stereocenters. The van der Waals surface area contributed by atoms with Crippen LogP contribution in [0, 0.1) is 0 Å². The first-order valence-electron chi connectivity index (χ1n) is 12.3. The second kappa shape index (κ2) is 11.7. The SMILES string of the molecule is CC(C)OC(=O)C(C)(C)NP(=O)(CO[C@@H](C)Cn1cnc2c(N)ncnc21)NC(C)(C)c1ccc(Cl)cc1. The molecule has 3 rings (SSSR count). The maximum Gasteiger partial charge on any atom is 0.326 e. The summed E-state index contributed by atoms with van der Waals surface area (Å²) >= 11 is 6.07. The summed E-state index contributed by atoms with van der Waals surface area (Å²) in [6, 6.07) is 7.26. The molecule has 208 valence electrons. The summed E-state index contributed by atoms with van der Waals surface area (Å²) in [5.41, 5.74) is 5.81. The van der Waals surface area contributed by atoms with Gasteiger partial charge in [0.1, 0.15) is 23.7 Å². The first kappa shape index (κ1) is 30.0. The summed E-state index contributed by atoms with van der Waals surface area (Å²) in [6.07, 6.45) is 2.08. The van der Waals surface area contributed by atoms with Gasteiger partial charge in [0.2, 0.25) is 7.44 Å². The van der Waals surface area contributed by atoms with E-state index in [1.807, 2.05) is 32.9 Å². The second-order valence-electron chi connectivity index (χ2n) is 10.6. The molecule has 1 aromatic carbocycles. The Bertz CT molecular complexity index is 1310. The summed E-state index contributed by atoms with van der Waals surface area (Å²) < 4.78 is 27.7. The molecular formula is C25H37ClN7O4P. The fraction of sp³-hybridized carbons (Fsp3) is 0.520. The maximum absolute atomic E-state index is 14.4. The van der Waals surface area contributed by atoms with Crippen LogP contribution in [-0.4, -0.2) is 49.6 Å². The smallest absolute Gasteiger partial charge is 0.326 e. The molecule has 0 radical (unpaired) electrons. The number of carbonyl (C=O) groups excluding carboxylic acids is 1. The third kappa shape index (κ3) is 7.51. The average molecular weight is 566 g/mol. The zero-order chi connectivity index (χ0) is 28.3. The molecule has 0 spiro atoms. The number of nitrogens with zero attached hydrogens (tertiary/aromatic N) is 4. The number of aromatic nitrogens is 4. The number of ether oxygens (including phenoxy) is 2. The third-order valence-corrected chi connectivity index (χ3v) is 8.37. The molecule has 11 nitrogen and oxygen atoms in total. The van der Waals surface area contributed by atoms with Crippen molar-refractivity contribution >= 4 is 42.0 Å². The normalized spacial score (nSPS) is 15.0. The van der Waals surface area contributed by atoms with E-state index in [9.17, 15) is 9.36 Å². The maximum atomic E-state index is 14.4. The first-order chi connectivity index (χ1) is 17.6. The topological polar surface area (TPSA) is 146 Å². The van der Waals surface area contributed by atoms with Crippen LogP contribution < -0.4 is 15.9 Å². The fourth-order valence-corrected chi connectivity index (χ4v) is 6.73. The molecule has 0 saturated carbocycles. The molecule has 0 aliphatic heterocycles.